The molecule has 1 aromatic carbocycles. The molecule has 1 amide bonds. The Morgan fingerprint density at radius 3 is 2.60 bits per heavy atom. The number of piperidine rings is 1. The van der Waals surface area contributed by atoms with Gasteiger partial charge in [-0.05, 0) is 69.2 Å². The molecule has 4 rings (SSSR count). The van der Waals surface area contributed by atoms with Gasteiger partial charge < -0.3 is 10.2 Å². The van der Waals surface area contributed by atoms with Crippen molar-refractivity contribution in [2.24, 2.45) is 5.92 Å². The second-order valence-corrected chi connectivity index (χ2v) is 8.65. The number of nitrogens with one attached hydrogen (secondary N) is 1. The van der Waals surface area contributed by atoms with E-state index in [4.69, 9.17) is 0 Å². The Morgan fingerprint density at radius 2 is 1.92 bits per heavy atom. The third kappa shape index (κ3) is 3.12. The van der Waals surface area contributed by atoms with E-state index in [1.807, 2.05) is 0 Å². The maximum absolute atomic E-state index is 11.6. The van der Waals surface area contributed by atoms with Crippen molar-refractivity contribution in [3.63, 3.8) is 0 Å². The highest BCUT2D eigenvalue weighted by atomic mass is 16.1. The molecule has 3 nitrogen and oxygen atoms in total. The molecule has 1 saturated heterocycles. The lowest BCUT2D eigenvalue weighted by atomic mass is 9.73. The van der Waals surface area contributed by atoms with Crippen LogP contribution in [0.15, 0.2) is 24.3 Å². The van der Waals surface area contributed by atoms with Crippen LogP contribution in [0.2, 0.25) is 0 Å². The highest BCUT2D eigenvalue weighted by molar-refractivity contribution is 5.73. The van der Waals surface area contributed by atoms with Crippen LogP contribution in [0.25, 0.3) is 0 Å². The van der Waals surface area contributed by atoms with E-state index in [-0.39, 0.29) is 18.8 Å². The van der Waals surface area contributed by atoms with Crippen LogP contribution < -0.4 is 5.32 Å². The van der Waals surface area contributed by atoms with Gasteiger partial charge in [0, 0.05) is 19.8 Å². The normalized spacial score (nSPS) is 27.4. The molecule has 3 aliphatic rings. The Balaban J connectivity index is 0.00000196. The molecule has 1 aromatic rings. The van der Waals surface area contributed by atoms with Crippen LogP contribution in [0, 0.1) is 5.92 Å². The van der Waals surface area contributed by atoms with E-state index in [2.05, 4.69) is 41.4 Å². The Labute approximate surface area is 153 Å². The van der Waals surface area contributed by atoms with Gasteiger partial charge in [-0.1, -0.05) is 37.1 Å². The summed E-state index contributed by atoms with van der Waals surface area (Å²) in [5, 5.41) is 3.20. The highest BCUT2D eigenvalue weighted by Crippen LogP contribution is 2.51. The lowest BCUT2D eigenvalue weighted by Gasteiger charge is -2.44. The van der Waals surface area contributed by atoms with Gasteiger partial charge in [-0.2, -0.15) is 0 Å². The molecule has 2 fully saturated rings. The summed E-state index contributed by atoms with van der Waals surface area (Å²) in [5.74, 6) is 1.00. The van der Waals surface area contributed by atoms with Crippen LogP contribution in [-0.4, -0.2) is 29.9 Å². The summed E-state index contributed by atoms with van der Waals surface area (Å²) in [5.41, 5.74) is 3.13. The fraction of sp³-hybridized carbons (Fsp3) is 0.682. The Kier molecular flexibility index (Phi) is 4.61. The highest BCUT2D eigenvalue weighted by Gasteiger charge is 2.46. The van der Waals surface area contributed by atoms with Gasteiger partial charge >= 0.3 is 0 Å². The number of nitrogens with zero attached hydrogens (tertiary/aromatic N) is 1. The van der Waals surface area contributed by atoms with E-state index in [0.717, 1.165) is 18.4 Å². The first-order chi connectivity index (χ1) is 12.1. The van der Waals surface area contributed by atoms with Crippen molar-refractivity contribution >= 4 is 5.91 Å². The molecule has 1 N–H and O–H groups in total. The molecule has 0 aromatic heterocycles. The van der Waals surface area contributed by atoms with Crippen LogP contribution >= 0.6 is 0 Å². The summed E-state index contributed by atoms with van der Waals surface area (Å²) >= 11 is 0. The second kappa shape index (κ2) is 6.75. The number of rotatable bonds is 3. The summed E-state index contributed by atoms with van der Waals surface area (Å²) in [6.45, 7) is 6.51. The maximum atomic E-state index is 11.6. The van der Waals surface area contributed by atoms with Crippen LogP contribution in [0.5, 0.6) is 0 Å². The number of hydrogen-bond acceptors (Lipinski definition) is 2. The lowest BCUT2D eigenvalue weighted by molar-refractivity contribution is -0.119. The topological polar surface area (TPSA) is 32.3 Å². The second-order valence-electron chi connectivity index (χ2n) is 8.65. The van der Waals surface area contributed by atoms with E-state index in [9.17, 15) is 4.79 Å². The van der Waals surface area contributed by atoms with Crippen LogP contribution in [0.1, 0.15) is 77.4 Å². The van der Waals surface area contributed by atoms with Gasteiger partial charge in [-0.25, -0.2) is 0 Å². The quantitative estimate of drug-likeness (QED) is 0.881. The van der Waals surface area contributed by atoms with Gasteiger partial charge in [0.2, 0.25) is 5.91 Å². The number of fused-ring (bicyclic) bond motifs is 2. The minimum atomic E-state index is 0. The molecule has 2 atom stereocenters. The molecule has 0 unspecified atom stereocenters. The van der Waals surface area contributed by atoms with E-state index < -0.39 is 0 Å². The predicted molar refractivity (Wildman–Crippen MR) is 104 cm³/mol. The van der Waals surface area contributed by atoms with Crippen molar-refractivity contribution in [2.75, 3.05) is 13.1 Å². The number of amides is 1. The average Bonchev–Trinajstić information content (AvgIpc) is 3.23. The summed E-state index contributed by atoms with van der Waals surface area (Å²) in [6, 6.07) is 9.76. The van der Waals surface area contributed by atoms with Crippen LogP contribution in [-0.2, 0) is 10.2 Å². The maximum Gasteiger partial charge on any atom is 0.217 e. The molecule has 0 radical (unpaired) electrons. The minimum Gasteiger partial charge on any atom is -0.349 e. The molecule has 0 bridgehead atoms. The number of carbonyl (C=O) groups excluding carboxylic acids is 1. The fourth-order valence-corrected chi connectivity index (χ4v) is 5.84. The van der Waals surface area contributed by atoms with Gasteiger partial charge in [0.15, 0.2) is 0 Å². The molecule has 1 saturated carbocycles. The number of carbonyl (C=O) groups is 1. The van der Waals surface area contributed by atoms with Crippen molar-refractivity contribution in [3.05, 3.63) is 35.4 Å². The molecule has 25 heavy (non-hydrogen) atoms. The molecular formula is C22H34N2O. The summed E-state index contributed by atoms with van der Waals surface area (Å²) < 4.78 is 0. The first-order valence-corrected chi connectivity index (χ1v) is 10.2. The van der Waals surface area contributed by atoms with E-state index in [1.54, 1.807) is 6.92 Å². The fourth-order valence-electron chi connectivity index (χ4n) is 5.84. The van der Waals surface area contributed by atoms with Gasteiger partial charge in [0.25, 0.3) is 0 Å². The number of hydrogen-bond donors (Lipinski definition) is 1. The average molecular weight is 343 g/mol. The van der Waals surface area contributed by atoms with E-state index in [0.29, 0.717) is 0 Å². The first kappa shape index (κ1) is 17.1. The monoisotopic (exact) mass is 342 g/mol. The van der Waals surface area contributed by atoms with Crippen LogP contribution in [0.4, 0.5) is 0 Å². The molecule has 1 spiro atoms. The molecule has 2 aliphatic carbocycles. The Bertz CT molecular complexity index is 633. The lowest BCUT2D eigenvalue weighted by Crippen LogP contribution is -2.47. The standard InChI is InChI=1S/C22H32N2O.H2/c1-16(18-7-3-4-8-18)24-13-11-22(12-14-24)15-21(23-17(2)25)19-9-5-6-10-20(19)22;/h5-6,9-10,16,18,21H,3-4,7-8,11-15H2,1-2H3,(H,23,25);1H/t16-,21-;/m0./s1. The minimum absolute atomic E-state index is 0. The third-order valence-electron chi connectivity index (χ3n) is 7.29. The van der Waals surface area contributed by atoms with E-state index in [1.165, 1.54) is 62.7 Å². The zero-order chi connectivity index (χ0) is 17.4. The predicted octanol–water partition coefficient (Wildman–Crippen LogP) is 4.43. The first-order valence-electron chi connectivity index (χ1n) is 10.2. The summed E-state index contributed by atoms with van der Waals surface area (Å²) in [7, 11) is 0. The smallest absolute Gasteiger partial charge is 0.217 e. The molecular weight excluding hydrogens is 308 g/mol. The van der Waals surface area contributed by atoms with Crippen molar-refractivity contribution in [3.8, 4) is 0 Å². The molecule has 1 aliphatic heterocycles. The van der Waals surface area contributed by atoms with Gasteiger partial charge in [-0.3, -0.25) is 4.79 Å². The van der Waals surface area contributed by atoms with Gasteiger partial charge in [0.1, 0.15) is 0 Å². The third-order valence-corrected chi connectivity index (χ3v) is 7.29. The number of likely N-dealkylation sites (tertiary alicyclic amines) is 1. The van der Waals surface area contributed by atoms with Crippen molar-refractivity contribution in [1.29, 1.82) is 0 Å². The molecule has 1 heterocycles. The molecule has 138 valence electrons. The largest absolute Gasteiger partial charge is 0.349 e. The Morgan fingerprint density at radius 1 is 1.24 bits per heavy atom. The van der Waals surface area contributed by atoms with Crippen molar-refractivity contribution in [2.45, 2.75) is 76.3 Å². The molecule has 3 heteroatoms. The van der Waals surface area contributed by atoms with E-state index >= 15 is 0 Å². The summed E-state index contributed by atoms with van der Waals surface area (Å²) in [6.07, 6.45) is 9.26. The van der Waals surface area contributed by atoms with Gasteiger partial charge in [-0.15, -0.1) is 0 Å². The zero-order valence-corrected chi connectivity index (χ0v) is 15.8. The number of benzene rings is 1. The summed E-state index contributed by atoms with van der Waals surface area (Å²) in [4.78, 5) is 14.4. The van der Waals surface area contributed by atoms with Crippen LogP contribution in [0.3, 0.4) is 0 Å². The van der Waals surface area contributed by atoms with Crippen molar-refractivity contribution < 1.29 is 6.22 Å². The zero-order valence-electron chi connectivity index (χ0n) is 15.8. The SMILES string of the molecule is CC(=O)N[C@H]1CC2(CCN([C@@H](C)C3CCCC3)CC2)c2ccccc21.[HH]. The Hall–Kier alpha value is -1.35. The van der Waals surface area contributed by atoms with Gasteiger partial charge in [0.05, 0.1) is 6.04 Å². The van der Waals surface area contributed by atoms with Crippen molar-refractivity contribution in [1.82, 2.24) is 10.2 Å².